The zero-order valence-electron chi connectivity index (χ0n) is 9.02. The Balaban J connectivity index is 3.07. The molecule has 0 atom stereocenters. The number of methoxy groups -OCH3 is 1. The standard InChI is InChI=1S/C10H14N2O3/c1-6(2)4-7-9(15-3)11-5-8(12-7)10(13)14/h5-6H,4H2,1-3H3,(H,13,14). The number of aromatic nitrogens is 2. The monoisotopic (exact) mass is 210 g/mol. The SMILES string of the molecule is COc1ncc(C(=O)O)nc1CC(C)C. The predicted molar refractivity (Wildman–Crippen MR) is 54.1 cm³/mol. The zero-order chi connectivity index (χ0) is 11.4. The van der Waals surface area contributed by atoms with Gasteiger partial charge in [0, 0.05) is 0 Å². The first-order chi connectivity index (χ1) is 7.04. The van der Waals surface area contributed by atoms with E-state index in [-0.39, 0.29) is 5.69 Å². The van der Waals surface area contributed by atoms with Crippen LogP contribution in [0.3, 0.4) is 0 Å². The second-order valence-electron chi connectivity index (χ2n) is 3.61. The molecule has 1 aromatic rings. The average Bonchev–Trinajstić information content (AvgIpc) is 2.16. The van der Waals surface area contributed by atoms with E-state index in [2.05, 4.69) is 9.97 Å². The van der Waals surface area contributed by atoms with E-state index < -0.39 is 5.97 Å². The maximum atomic E-state index is 10.7. The molecule has 5 heteroatoms. The van der Waals surface area contributed by atoms with Crippen molar-refractivity contribution in [2.45, 2.75) is 20.3 Å². The van der Waals surface area contributed by atoms with Gasteiger partial charge in [0.25, 0.3) is 0 Å². The Kier molecular flexibility index (Phi) is 3.60. The Morgan fingerprint density at radius 2 is 2.27 bits per heavy atom. The Morgan fingerprint density at radius 1 is 1.60 bits per heavy atom. The fourth-order valence-corrected chi connectivity index (χ4v) is 1.21. The van der Waals surface area contributed by atoms with E-state index in [1.807, 2.05) is 13.8 Å². The highest BCUT2D eigenvalue weighted by atomic mass is 16.5. The van der Waals surface area contributed by atoms with Crippen LogP contribution in [0.2, 0.25) is 0 Å². The molecule has 0 amide bonds. The molecule has 0 aliphatic rings. The molecule has 15 heavy (non-hydrogen) atoms. The molecule has 0 bridgehead atoms. The van der Waals surface area contributed by atoms with Crippen LogP contribution >= 0.6 is 0 Å². The van der Waals surface area contributed by atoms with Crippen LogP contribution in [-0.2, 0) is 6.42 Å². The lowest BCUT2D eigenvalue weighted by molar-refractivity contribution is 0.0689. The summed E-state index contributed by atoms with van der Waals surface area (Å²) in [5.41, 5.74) is 0.541. The van der Waals surface area contributed by atoms with Crippen LogP contribution < -0.4 is 4.74 Å². The number of carboxylic acids is 1. The molecule has 0 saturated carbocycles. The second kappa shape index (κ2) is 4.72. The highest BCUT2D eigenvalue weighted by Gasteiger charge is 2.13. The van der Waals surface area contributed by atoms with E-state index in [4.69, 9.17) is 9.84 Å². The van der Waals surface area contributed by atoms with Crippen LogP contribution in [0.5, 0.6) is 5.88 Å². The Morgan fingerprint density at radius 3 is 2.73 bits per heavy atom. The topological polar surface area (TPSA) is 72.3 Å². The lowest BCUT2D eigenvalue weighted by Gasteiger charge is -2.08. The third-order valence-electron chi connectivity index (χ3n) is 1.82. The molecule has 0 aliphatic carbocycles. The third-order valence-corrected chi connectivity index (χ3v) is 1.82. The van der Waals surface area contributed by atoms with Gasteiger partial charge in [-0.15, -0.1) is 0 Å². The van der Waals surface area contributed by atoms with Crippen molar-refractivity contribution >= 4 is 5.97 Å². The summed E-state index contributed by atoms with van der Waals surface area (Å²) in [7, 11) is 1.49. The van der Waals surface area contributed by atoms with Crippen LogP contribution in [0.25, 0.3) is 0 Å². The van der Waals surface area contributed by atoms with Crippen molar-refractivity contribution in [2.75, 3.05) is 7.11 Å². The lowest BCUT2D eigenvalue weighted by Crippen LogP contribution is -2.08. The van der Waals surface area contributed by atoms with Crippen molar-refractivity contribution in [3.8, 4) is 5.88 Å². The molecular weight excluding hydrogens is 196 g/mol. The average molecular weight is 210 g/mol. The van der Waals surface area contributed by atoms with E-state index in [1.54, 1.807) is 0 Å². The largest absolute Gasteiger partial charge is 0.480 e. The summed E-state index contributed by atoms with van der Waals surface area (Å²) in [5.74, 6) is -0.305. The maximum absolute atomic E-state index is 10.7. The van der Waals surface area contributed by atoms with Gasteiger partial charge in [-0.3, -0.25) is 0 Å². The normalized spacial score (nSPS) is 10.4. The van der Waals surface area contributed by atoms with Gasteiger partial charge in [0.1, 0.15) is 5.69 Å². The van der Waals surface area contributed by atoms with Gasteiger partial charge in [0.15, 0.2) is 5.69 Å². The fraction of sp³-hybridized carbons (Fsp3) is 0.500. The van der Waals surface area contributed by atoms with Crippen molar-refractivity contribution in [2.24, 2.45) is 5.92 Å². The summed E-state index contributed by atoms with van der Waals surface area (Å²) in [6, 6.07) is 0. The lowest BCUT2D eigenvalue weighted by atomic mass is 10.1. The summed E-state index contributed by atoms with van der Waals surface area (Å²) < 4.78 is 5.01. The van der Waals surface area contributed by atoms with Gasteiger partial charge >= 0.3 is 5.97 Å². The predicted octanol–water partition coefficient (Wildman–Crippen LogP) is 1.38. The molecule has 0 unspecified atom stereocenters. The van der Waals surface area contributed by atoms with Gasteiger partial charge in [0.2, 0.25) is 5.88 Å². The van der Waals surface area contributed by atoms with Crippen LogP contribution in [0.4, 0.5) is 0 Å². The van der Waals surface area contributed by atoms with E-state index in [1.165, 1.54) is 13.3 Å². The summed E-state index contributed by atoms with van der Waals surface area (Å²) in [6.07, 6.45) is 1.85. The number of aromatic carboxylic acids is 1. The minimum Gasteiger partial charge on any atom is -0.480 e. The number of carbonyl (C=O) groups is 1. The van der Waals surface area contributed by atoms with Gasteiger partial charge in [-0.1, -0.05) is 13.8 Å². The number of hydrogen-bond acceptors (Lipinski definition) is 4. The Labute approximate surface area is 88.1 Å². The molecule has 0 radical (unpaired) electrons. The van der Waals surface area contributed by atoms with Gasteiger partial charge in [0.05, 0.1) is 13.3 Å². The molecule has 0 aliphatic heterocycles. The molecule has 0 aromatic carbocycles. The van der Waals surface area contributed by atoms with Gasteiger partial charge in [-0.2, -0.15) is 0 Å². The van der Waals surface area contributed by atoms with E-state index in [0.717, 1.165) is 0 Å². The van der Waals surface area contributed by atoms with E-state index in [0.29, 0.717) is 23.9 Å². The summed E-state index contributed by atoms with van der Waals surface area (Å²) in [6.45, 7) is 4.04. The smallest absolute Gasteiger partial charge is 0.356 e. The maximum Gasteiger partial charge on any atom is 0.356 e. The van der Waals surface area contributed by atoms with Crippen molar-refractivity contribution in [1.82, 2.24) is 9.97 Å². The number of rotatable bonds is 4. The van der Waals surface area contributed by atoms with E-state index in [9.17, 15) is 4.79 Å². The third kappa shape index (κ3) is 2.90. The molecule has 1 rings (SSSR count). The Bertz CT molecular complexity index is 364. The summed E-state index contributed by atoms with van der Waals surface area (Å²) in [5, 5.41) is 8.76. The highest BCUT2D eigenvalue weighted by molar-refractivity contribution is 5.84. The molecule has 0 spiro atoms. The first kappa shape index (κ1) is 11.4. The summed E-state index contributed by atoms with van der Waals surface area (Å²) >= 11 is 0. The van der Waals surface area contributed by atoms with Crippen molar-refractivity contribution in [1.29, 1.82) is 0 Å². The number of ether oxygens (including phenoxy) is 1. The number of nitrogens with zero attached hydrogens (tertiary/aromatic N) is 2. The number of hydrogen-bond donors (Lipinski definition) is 1. The van der Waals surface area contributed by atoms with Crippen molar-refractivity contribution in [3.63, 3.8) is 0 Å². The van der Waals surface area contributed by atoms with Crippen LogP contribution in [-0.4, -0.2) is 28.2 Å². The van der Waals surface area contributed by atoms with Gasteiger partial charge in [-0.25, -0.2) is 14.8 Å². The fourth-order valence-electron chi connectivity index (χ4n) is 1.21. The quantitative estimate of drug-likeness (QED) is 0.812. The van der Waals surface area contributed by atoms with Crippen LogP contribution in [0.1, 0.15) is 30.0 Å². The first-order valence-electron chi connectivity index (χ1n) is 4.67. The van der Waals surface area contributed by atoms with Crippen molar-refractivity contribution < 1.29 is 14.6 Å². The minimum absolute atomic E-state index is 0.0496. The van der Waals surface area contributed by atoms with Crippen molar-refractivity contribution in [3.05, 3.63) is 17.6 Å². The van der Waals surface area contributed by atoms with Crippen LogP contribution in [0.15, 0.2) is 6.20 Å². The second-order valence-corrected chi connectivity index (χ2v) is 3.61. The molecule has 1 aromatic heterocycles. The summed E-state index contributed by atoms with van der Waals surface area (Å²) in [4.78, 5) is 18.6. The molecule has 0 saturated heterocycles. The van der Waals surface area contributed by atoms with E-state index >= 15 is 0 Å². The van der Waals surface area contributed by atoms with Crippen LogP contribution in [0, 0.1) is 5.92 Å². The highest BCUT2D eigenvalue weighted by Crippen LogP contribution is 2.16. The first-order valence-corrected chi connectivity index (χ1v) is 4.67. The minimum atomic E-state index is -1.07. The molecular formula is C10H14N2O3. The molecule has 1 N–H and O–H groups in total. The zero-order valence-corrected chi connectivity index (χ0v) is 9.02. The van der Waals surface area contributed by atoms with Gasteiger partial charge in [-0.05, 0) is 12.3 Å². The molecule has 0 fully saturated rings. The Hall–Kier alpha value is -1.65. The number of carboxylic acid groups (broad SMARTS) is 1. The molecule has 82 valence electrons. The molecule has 1 heterocycles. The molecule has 5 nitrogen and oxygen atoms in total. The van der Waals surface area contributed by atoms with Gasteiger partial charge < -0.3 is 9.84 Å².